The molecule has 4 heteroatoms. The van der Waals surface area contributed by atoms with E-state index in [0.29, 0.717) is 10.6 Å². The van der Waals surface area contributed by atoms with Crippen LogP contribution in [0.15, 0.2) is 18.2 Å². The summed E-state index contributed by atoms with van der Waals surface area (Å²) in [6.07, 6.45) is 0. The maximum atomic E-state index is 10.8. The van der Waals surface area contributed by atoms with Gasteiger partial charge in [-0.3, -0.25) is 4.79 Å². The zero-order valence-corrected chi connectivity index (χ0v) is 8.80. The van der Waals surface area contributed by atoms with E-state index in [1.807, 2.05) is 13.0 Å². The van der Waals surface area contributed by atoms with Crippen molar-refractivity contribution >= 4 is 17.6 Å². The van der Waals surface area contributed by atoms with Gasteiger partial charge in [-0.05, 0) is 31.2 Å². The summed E-state index contributed by atoms with van der Waals surface area (Å²) in [5.41, 5.74) is 1.60. The van der Waals surface area contributed by atoms with Gasteiger partial charge in [0.05, 0.1) is 0 Å². The first-order valence-corrected chi connectivity index (χ1v) is 4.60. The molecule has 0 saturated heterocycles. The lowest BCUT2D eigenvalue weighted by Crippen LogP contribution is -2.24. The average molecular weight is 214 g/mol. The van der Waals surface area contributed by atoms with E-state index in [2.05, 4.69) is 5.32 Å². The van der Waals surface area contributed by atoms with Crippen LogP contribution in [0, 0.1) is 6.92 Å². The number of rotatable bonds is 3. The van der Waals surface area contributed by atoms with Crippen LogP contribution in [0.4, 0.5) is 0 Å². The normalized spacial score (nSPS) is 12.5. The molecule has 0 bridgehead atoms. The Morgan fingerprint density at radius 3 is 2.64 bits per heavy atom. The molecule has 14 heavy (non-hydrogen) atoms. The molecule has 0 aliphatic carbocycles. The first kappa shape index (κ1) is 11.0. The van der Waals surface area contributed by atoms with E-state index in [0.717, 1.165) is 5.56 Å². The number of carboxylic acid groups (broad SMARTS) is 1. The first-order valence-electron chi connectivity index (χ1n) is 4.22. The molecule has 0 spiro atoms. The van der Waals surface area contributed by atoms with Gasteiger partial charge in [0.1, 0.15) is 6.04 Å². The Bertz CT molecular complexity index is 352. The van der Waals surface area contributed by atoms with Gasteiger partial charge in [-0.25, -0.2) is 0 Å². The smallest absolute Gasteiger partial charge is 0.325 e. The van der Waals surface area contributed by atoms with Crippen molar-refractivity contribution in [2.24, 2.45) is 0 Å². The lowest BCUT2D eigenvalue weighted by molar-refractivity contribution is -0.139. The molecule has 0 aliphatic rings. The molecule has 1 atom stereocenters. The molecule has 0 saturated carbocycles. The number of halogens is 1. The van der Waals surface area contributed by atoms with Crippen molar-refractivity contribution < 1.29 is 9.90 Å². The van der Waals surface area contributed by atoms with E-state index in [9.17, 15) is 4.79 Å². The topological polar surface area (TPSA) is 49.3 Å². The van der Waals surface area contributed by atoms with Crippen LogP contribution in [0.1, 0.15) is 17.2 Å². The van der Waals surface area contributed by atoms with E-state index < -0.39 is 12.0 Å². The fourth-order valence-corrected chi connectivity index (χ4v) is 1.41. The summed E-state index contributed by atoms with van der Waals surface area (Å²) < 4.78 is 0. The van der Waals surface area contributed by atoms with Gasteiger partial charge in [-0.15, -0.1) is 0 Å². The average Bonchev–Trinajstić information content (AvgIpc) is 2.11. The molecule has 76 valence electrons. The molecule has 1 aromatic rings. The van der Waals surface area contributed by atoms with Crippen LogP contribution in [-0.2, 0) is 4.79 Å². The van der Waals surface area contributed by atoms with Gasteiger partial charge >= 0.3 is 5.97 Å². The van der Waals surface area contributed by atoms with E-state index in [1.54, 1.807) is 19.2 Å². The highest BCUT2D eigenvalue weighted by molar-refractivity contribution is 6.31. The van der Waals surface area contributed by atoms with Crippen LogP contribution in [0.3, 0.4) is 0 Å². The minimum Gasteiger partial charge on any atom is -0.480 e. The van der Waals surface area contributed by atoms with Crippen molar-refractivity contribution in [3.8, 4) is 0 Å². The predicted molar refractivity (Wildman–Crippen MR) is 55.6 cm³/mol. The van der Waals surface area contributed by atoms with E-state index in [-0.39, 0.29) is 0 Å². The fraction of sp³-hybridized carbons (Fsp3) is 0.300. The SMILES string of the molecule is CNC(C(=O)O)c1ccc(C)c(Cl)c1. The van der Waals surface area contributed by atoms with E-state index in [1.165, 1.54) is 0 Å². The Kier molecular flexibility index (Phi) is 3.49. The minimum absolute atomic E-state index is 0.587. The lowest BCUT2D eigenvalue weighted by atomic mass is 10.1. The summed E-state index contributed by atoms with van der Waals surface area (Å²) >= 11 is 5.90. The lowest BCUT2D eigenvalue weighted by Gasteiger charge is -2.12. The van der Waals surface area contributed by atoms with Crippen molar-refractivity contribution in [3.63, 3.8) is 0 Å². The highest BCUT2D eigenvalue weighted by atomic mass is 35.5. The van der Waals surface area contributed by atoms with Gasteiger partial charge in [-0.2, -0.15) is 0 Å². The Hall–Kier alpha value is -1.06. The van der Waals surface area contributed by atoms with Crippen LogP contribution >= 0.6 is 11.6 Å². The Labute approximate surface area is 87.7 Å². The monoisotopic (exact) mass is 213 g/mol. The second-order valence-electron chi connectivity index (χ2n) is 3.07. The molecule has 0 aromatic heterocycles. The number of aryl methyl sites for hydroxylation is 1. The predicted octanol–water partition coefficient (Wildman–Crippen LogP) is 1.99. The fourth-order valence-electron chi connectivity index (χ4n) is 1.22. The number of likely N-dealkylation sites (N-methyl/N-ethyl adjacent to an activating group) is 1. The van der Waals surface area contributed by atoms with E-state index >= 15 is 0 Å². The van der Waals surface area contributed by atoms with Gasteiger partial charge in [0.15, 0.2) is 0 Å². The number of hydrogen-bond donors (Lipinski definition) is 2. The number of aliphatic carboxylic acids is 1. The Morgan fingerprint density at radius 2 is 2.21 bits per heavy atom. The highest BCUT2D eigenvalue weighted by Gasteiger charge is 2.17. The van der Waals surface area contributed by atoms with Gasteiger partial charge < -0.3 is 10.4 Å². The standard InChI is InChI=1S/C10H12ClNO2/c1-6-3-4-7(5-8(6)11)9(12-2)10(13)14/h3-5,9,12H,1-2H3,(H,13,14). The van der Waals surface area contributed by atoms with Crippen molar-refractivity contribution in [3.05, 3.63) is 34.3 Å². The molecule has 2 N–H and O–H groups in total. The molecule has 1 aromatic carbocycles. The Morgan fingerprint density at radius 1 is 1.57 bits per heavy atom. The molecule has 1 rings (SSSR count). The second-order valence-corrected chi connectivity index (χ2v) is 3.48. The van der Waals surface area contributed by atoms with Crippen molar-refractivity contribution in [2.75, 3.05) is 7.05 Å². The molecule has 0 heterocycles. The molecular formula is C10H12ClNO2. The van der Waals surface area contributed by atoms with Crippen LogP contribution in [0.5, 0.6) is 0 Å². The summed E-state index contributed by atoms with van der Waals surface area (Å²) in [7, 11) is 1.60. The largest absolute Gasteiger partial charge is 0.480 e. The van der Waals surface area contributed by atoms with Crippen LogP contribution in [0.2, 0.25) is 5.02 Å². The third-order valence-corrected chi connectivity index (χ3v) is 2.47. The zero-order chi connectivity index (χ0) is 10.7. The number of nitrogens with one attached hydrogen (secondary N) is 1. The maximum absolute atomic E-state index is 10.8. The van der Waals surface area contributed by atoms with Gasteiger partial charge in [-0.1, -0.05) is 23.7 Å². The molecular weight excluding hydrogens is 202 g/mol. The van der Waals surface area contributed by atoms with Crippen molar-refractivity contribution in [1.82, 2.24) is 5.32 Å². The van der Waals surface area contributed by atoms with Crippen molar-refractivity contribution in [1.29, 1.82) is 0 Å². The maximum Gasteiger partial charge on any atom is 0.325 e. The van der Waals surface area contributed by atoms with Gasteiger partial charge in [0.25, 0.3) is 0 Å². The first-order chi connectivity index (χ1) is 6.56. The minimum atomic E-state index is -0.910. The third kappa shape index (κ3) is 2.25. The summed E-state index contributed by atoms with van der Waals surface area (Å²) in [6, 6.07) is 4.54. The third-order valence-electron chi connectivity index (χ3n) is 2.06. The molecule has 0 fully saturated rings. The highest BCUT2D eigenvalue weighted by Crippen LogP contribution is 2.21. The number of carbonyl (C=O) groups is 1. The van der Waals surface area contributed by atoms with Crippen LogP contribution in [-0.4, -0.2) is 18.1 Å². The molecule has 0 radical (unpaired) electrons. The zero-order valence-electron chi connectivity index (χ0n) is 8.04. The molecule has 3 nitrogen and oxygen atoms in total. The van der Waals surface area contributed by atoms with Crippen LogP contribution < -0.4 is 5.32 Å². The summed E-state index contributed by atoms with van der Waals surface area (Å²) in [6.45, 7) is 1.88. The molecule has 0 aliphatic heterocycles. The molecule has 0 amide bonds. The quantitative estimate of drug-likeness (QED) is 0.808. The summed E-state index contributed by atoms with van der Waals surface area (Å²) in [5, 5.41) is 12.2. The van der Waals surface area contributed by atoms with Gasteiger partial charge in [0.2, 0.25) is 0 Å². The number of carboxylic acids is 1. The number of benzene rings is 1. The van der Waals surface area contributed by atoms with Crippen LogP contribution in [0.25, 0.3) is 0 Å². The molecule has 1 unspecified atom stereocenters. The summed E-state index contributed by atoms with van der Waals surface area (Å²) in [5.74, 6) is -0.910. The van der Waals surface area contributed by atoms with Gasteiger partial charge in [0, 0.05) is 5.02 Å². The van der Waals surface area contributed by atoms with E-state index in [4.69, 9.17) is 16.7 Å². The number of hydrogen-bond acceptors (Lipinski definition) is 2. The van der Waals surface area contributed by atoms with Crippen molar-refractivity contribution in [2.45, 2.75) is 13.0 Å². The summed E-state index contributed by atoms with van der Waals surface area (Å²) in [4.78, 5) is 10.8. The second kappa shape index (κ2) is 4.44. The Balaban J connectivity index is 3.06.